The topological polar surface area (TPSA) is 178 Å². The molecule has 0 saturated heterocycles. The van der Waals surface area contributed by atoms with Crippen LogP contribution in [0.1, 0.15) is 31.4 Å². The zero-order chi connectivity index (χ0) is 28.3. The number of benzene rings is 1. The summed E-state index contributed by atoms with van der Waals surface area (Å²) < 4.78 is 45.1. The lowest BCUT2D eigenvalue weighted by atomic mass is 10.1. The molecule has 0 aliphatic heterocycles. The summed E-state index contributed by atoms with van der Waals surface area (Å²) in [5.74, 6) is -2.94. The highest BCUT2D eigenvalue weighted by Crippen LogP contribution is 2.37. The first kappa shape index (κ1) is 28.0. The molecule has 15 heteroatoms. The molecule has 1 fully saturated rings. The molecule has 210 valence electrons. The number of alkyl halides is 3. The molecule has 2 heterocycles. The number of ether oxygens (including phenoxy) is 1. The number of carbonyl (C=O) groups is 2. The van der Waals surface area contributed by atoms with Crippen LogP contribution in [0.25, 0.3) is 11.2 Å². The number of rotatable bonds is 9. The minimum Gasteiger partial charge on any atom is -0.451 e. The van der Waals surface area contributed by atoms with E-state index in [1.807, 2.05) is 30.3 Å². The van der Waals surface area contributed by atoms with Gasteiger partial charge in [-0.15, -0.1) is 0 Å². The maximum absolute atomic E-state index is 13.0. The molecule has 3 aromatic rings. The highest BCUT2D eigenvalue weighted by atomic mass is 19.4. The summed E-state index contributed by atoms with van der Waals surface area (Å²) in [5.41, 5.74) is 7.24. The number of nitrogens with zero attached hydrogens (tertiary/aromatic N) is 4. The maximum Gasteiger partial charge on any atom is 0.490 e. The summed E-state index contributed by atoms with van der Waals surface area (Å²) >= 11 is 0. The molecule has 0 bridgehead atoms. The second kappa shape index (κ2) is 11.4. The van der Waals surface area contributed by atoms with E-state index in [2.05, 4.69) is 25.6 Å². The number of esters is 1. The molecule has 2 aromatic heterocycles. The summed E-state index contributed by atoms with van der Waals surface area (Å²) in [5, 5.41) is 26.2. The van der Waals surface area contributed by atoms with E-state index < -0.39 is 48.4 Å². The van der Waals surface area contributed by atoms with Gasteiger partial charge in [0.25, 0.3) is 0 Å². The first-order valence-corrected chi connectivity index (χ1v) is 12.2. The monoisotopic (exact) mass is 551 g/mol. The van der Waals surface area contributed by atoms with E-state index in [9.17, 15) is 33.0 Å². The van der Waals surface area contributed by atoms with Crippen LogP contribution < -0.4 is 16.4 Å². The predicted octanol–water partition coefficient (Wildman–Crippen LogP) is 1.10. The molecule has 0 spiro atoms. The number of fused-ring (bicyclic) bond motifs is 1. The summed E-state index contributed by atoms with van der Waals surface area (Å²) in [6, 6.07) is 6.77. The number of aliphatic hydroxyl groups excluding tert-OH is 2. The molecule has 12 nitrogen and oxygen atoms in total. The summed E-state index contributed by atoms with van der Waals surface area (Å²) in [6.45, 7) is 1.31. The quantitative estimate of drug-likeness (QED) is 0.242. The molecule has 1 aliphatic carbocycles. The molecule has 5 atom stereocenters. The Hall–Kier alpha value is -3.98. The van der Waals surface area contributed by atoms with Crippen LogP contribution in [-0.4, -0.2) is 78.7 Å². The van der Waals surface area contributed by atoms with Gasteiger partial charge in [0.15, 0.2) is 17.6 Å². The number of halogens is 3. The minimum atomic E-state index is -5.30. The zero-order valence-electron chi connectivity index (χ0n) is 20.8. The van der Waals surface area contributed by atoms with Crippen LogP contribution in [0.4, 0.5) is 24.9 Å². The van der Waals surface area contributed by atoms with E-state index >= 15 is 0 Å². The second-order valence-electron chi connectivity index (χ2n) is 9.16. The van der Waals surface area contributed by atoms with Gasteiger partial charge in [-0.2, -0.15) is 23.1 Å². The van der Waals surface area contributed by atoms with Gasteiger partial charge >= 0.3 is 12.1 Å². The van der Waals surface area contributed by atoms with Crippen LogP contribution in [-0.2, 0) is 20.7 Å². The standard InChI is InChI=1S/C24H28F3N7O5/c1-2-16(36)31-14-9-15(19(18(14)37)39-22(38)24(25,26)27)34-11-29-17-20(28)32-23(33-21(17)34)30-13(10-35)8-12-6-4-3-5-7-12/h3-7,11,13-15,18-19,35,37H,2,8-10H2,1H3,(H,31,36)(H3,28,30,32,33)/t13-,14-,15+,18+,19-/m0/s1. The molecular formula is C24H28F3N7O5. The number of nitrogens with two attached hydrogens (primary N) is 1. The number of hydrogen-bond acceptors (Lipinski definition) is 10. The largest absolute Gasteiger partial charge is 0.490 e. The van der Waals surface area contributed by atoms with Crippen molar-refractivity contribution in [2.45, 2.75) is 62.7 Å². The van der Waals surface area contributed by atoms with Gasteiger partial charge in [-0.1, -0.05) is 37.3 Å². The first-order chi connectivity index (χ1) is 18.5. The highest BCUT2D eigenvalue weighted by Gasteiger charge is 2.51. The molecule has 1 saturated carbocycles. The van der Waals surface area contributed by atoms with Crippen LogP contribution in [0.15, 0.2) is 36.7 Å². The minimum absolute atomic E-state index is 0.0231. The lowest BCUT2D eigenvalue weighted by Crippen LogP contribution is -2.45. The van der Waals surface area contributed by atoms with E-state index in [1.54, 1.807) is 6.92 Å². The lowest BCUT2D eigenvalue weighted by Gasteiger charge is -2.24. The number of imidazole rings is 1. The van der Waals surface area contributed by atoms with Crippen LogP contribution >= 0.6 is 0 Å². The Labute approximate surface area is 220 Å². The first-order valence-electron chi connectivity index (χ1n) is 12.2. The van der Waals surface area contributed by atoms with E-state index in [1.165, 1.54) is 10.9 Å². The number of carbonyl (C=O) groups excluding carboxylic acids is 2. The number of nitrogen functional groups attached to an aromatic ring is 1. The lowest BCUT2D eigenvalue weighted by molar-refractivity contribution is -0.209. The Balaban J connectivity index is 1.67. The predicted molar refractivity (Wildman–Crippen MR) is 132 cm³/mol. The van der Waals surface area contributed by atoms with Gasteiger partial charge in [0.1, 0.15) is 11.6 Å². The van der Waals surface area contributed by atoms with E-state index in [0.717, 1.165) is 5.56 Å². The number of aliphatic hydroxyl groups is 2. The average Bonchev–Trinajstić information content (AvgIpc) is 3.45. The SMILES string of the molecule is CCC(=O)N[C@H]1C[C@@H](n2cnc3c(N)nc(N[C@H](CO)Cc4ccccc4)nc32)[C@H](OC(=O)C(F)(F)F)[C@@H]1O. The Morgan fingerprint density at radius 2 is 1.97 bits per heavy atom. The fourth-order valence-electron chi connectivity index (χ4n) is 4.54. The van der Waals surface area contributed by atoms with Crippen molar-refractivity contribution in [3.8, 4) is 0 Å². The van der Waals surface area contributed by atoms with Gasteiger partial charge in [0.05, 0.1) is 31.1 Å². The average molecular weight is 552 g/mol. The van der Waals surface area contributed by atoms with Gasteiger partial charge in [-0.05, 0) is 18.4 Å². The van der Waals surface area contributed by atoms with Gasteiger partial charge in [-0.25, -0.2) is 9.78 Å². The Morgan fingerprint density at radius 3 is 2.62 bits per heavy atom. The van der Waals surface area contributed by atoms with Gasteiger partial charge in [-0.3, -0.25) is 4.79 Å². The number of amides is 1. The molecule has 0 unspecified atom stereocenters. The van der Waals surface area contributed by atoms with Crippen LogP contribution in [0.2, 0.25) is 0 Å². The normalized spacial score (nSPS) is 22.0. The van der Waals surface area contributed by atoms with E-state index in [0.29, 0.717) is 6.42 Å². The van der Waals surface area contributed by atoms with Crippen LogP contribution in [0, 0.1) is 0 Å². The summed E-state index contributed by atoms with van der Waals surface area (Å²) in [4.78, 5) is 36.4. The van der Waals surface area contributed by atoms with Crippen molar-refractivity contribution in [3.63, 3.8) is 0 Å². The maximum atomic E-state index is 13.0. The van der Waals surface area contributed by atoms with Crippen LogP contribution in [0.5, 0.6) is 0 Å². The third-order valence-corrected chi connectivity index (χ3v) is 6.45. The number of anilines is 2. The fraction of sp³-hybridized carbons (Fsp3) is 0.458. The smallest absolute Gasteiger partial charge is 0.451 e. The van der Waals surface area contributed by atoms with Crippen molar-refractivity contribution in [1.82, 2.24) is 24.8 Å². The fourth-order valence-corrected chi connectivity index (χ4v) is 4.54. The van der Waals surface area contributed by atoms with Crippen molar-refractivity contribution >= 4 is 34.8 Å². The van der Waals surface area contributed by atoms with Crippen LogP contribution in [0.3, 0.4) is 0 Å². The number of aromatic nitrogens is 4. The molecule has 1 aliphatic rings. The third kappa shape index (κ3) is 6.20. The van der Waals surface area contributed by atoms with Crippen molar-refractivity contribution < 1.29 is 37.7 Å². The molecular weight excluding hydrogens is 523 g/mol. The molecule has 39 heavy (non-hydrogen) atoms. The Kier molecular flexibility index (Phi) is 8.20. The number of hydrogen-bond donors (Lipinski definition) is 5. The van der Waals surface area contributed by atoms with Crippen molar-refractivity contribution in [3.05, 3.63) is 42.2 Å². The Morgan fingerprint density at radius 1 is 1.26 bits per heavy atom. The van der Waals surface area contributed by atoms with Crippen molar-refractivity contribution in [2.75, 3.05) is 17.7 Å². The van der Waals surface area contributed by atoms with E-state index in [-0.39, 0.29) is 42.4 Å². The molecule has 6 N–H and O–H groups in total. The molecule has 4 rings (SSSR count). The summed E-state index contributed by atoms with van der Waals surface area (Å²) in [7, 11) is 0. The molecule has 0 radical (unpaired) electrons. The number of nitrogens with one attached hydrogen (secondary N) is 2. The van der Waals surface area contributed by atoms with Crippen molar-refractivity contribution in [2.24, 2.45) is 0 Å². The van der Waals surface area contributed by atoms with Crippen molar-refractivity contribution in [1.29, 1.82) is 0 Å². The van der Waals surface area contributed by atoms with Gasteiger partial charge < -0.3 is 35.9 Å². The van der Waals surface area contributed by atoms with E-state index in [4.69, 9.17) is 10.5 Å². The Bertz CT molecular complexity index is 1320. The summed E-state index contributed by atoms with van der Waals surface area (Å²) in [6.07, 6.45) is -6.97. The molecule has 1 aromatic carbocycles. The second-order valence-corrected chi connectivity index (χ2v) is 9.16. The third-order valence-electron chi connectivity index (χ3n) is 6.45. The zero-order valence-corrected chi connectivity index (χ0v) is 20.8. The van der Waals surface area contributed by atoms with Gasteiger partial charge in [0.2, 0.25) is 11.9 Å². The highest BCUT2D eigenvalue weighted by molar-refractivity contribution is 5.83. The molecule has 1 amide bonds. The van der Waals surface area contributed by atoms with Gasteiger partial charge in [0, 0.05) is 6.42 Å².